The average molecular weight is 262 g/mol. The Morgan fingerprint density at radius 2 is 2.16 bits per heavy atom. The van der Waals surface area contributed by atoms with Crippen LogP contribution in [0.2, 0.25) is 0 Å². The van der Waals surface area contributed by atoms with E-state index in [-0.39, 0.29) is 6.10 Å². The summed E-state index contributed by atoms with van der Waals surface area (Å²) in [5.74, 6) is -0.371. The number of ether oxygens (including phenoxy) is 1. The third-order valence-corrected chi connectivity index (χ3v) is 2.42. The molecule has 0 aliphatic carbocycles. The summed E-state index contributed by atoms with van der Waals surface area (Å²) >= 11 is 0. The summed E-state index contributed by atoms with van der Waals surface area (Å²) in [6, 6.07) is 5.44. The molecule has 0 bridgehead atoms. The molecule has 0 aromatic heterocycles. The van der Waals surface area contributed by atoms with Gasteiger partial charge in [-0.1, -0.05) is 12.1 Å². The number of aryl methyl sites for hydroxylation is 1. The van der Waals surface area contributed by atoms with E-state index in [4.69, 9.17) is 9.84 Å². The maximum Gasteiger partial charge on any atom is 0.327 e. The first-order valence-corrected chi connectivity index (χ1v) is 6.17. The van der Waals surface area contributed by atoms with Crippen LogP contribution in [0.25, 0.3) is 0 Å². The second-order valence-corrected chi connectivity index (χ2v) is 4.44. The topological polar surface area (TPSA) is 63.6 Å². The molecule has 0 fully saturated rings. The van der Waals surface area contributed by atoms with Gasteiger partial charge in [-0.05, 0) is 44.4 Å². The number of aliphatic carboxylic acids is 1. The van der Waals surface area contributed by atoms with Crippen LogP contribution in [0.4, 0.5) is 0 Å². The van der Waals surface area contributed by atoms with E-state index in [0.717, 1.165) is 17.9 Å². The van der Waals surface area contributed by atoms with E-state index in [1.807, 2.05) is 19.9 Å². The second kappa shape index (κ2) is 7.36. The Morgan fingerprint density at radius 1 is 1.42 bits per heavy atom. The number of carboxylic acid groups (broad SMARTS) is 1. The highest BCUT2D eigenvalue weighted by Gasteiger charge is 2.06. The fourth-order valence-electron chi connectivity index (χ4n) is 1.64. The van der Waals surface area contributed by atoms with Crippen molar-refractivity contribution in [1.82, 2.24) is 0 Å². The van der Waals surface area contributed by atoms with Gasteiger partial charge in [0.2, 0.25) is 0 Å². The van der Waals surface area contributed by atoms with Crippen molar-refractivity contribution in [1.29, 1.82) is 0 Å². The minimum Gasteiger partial charge on any atom is -0.490 e. The molecule has 0 spiro atoms. The Labute approximate surface area is 112 Å². The summed E-state index contributed by atoms with van der Waals surface area (Å²) in [7, 11) is 0. The molecule has 0 amide bonds. The number of rotatable bonds is 7. The van der Waals surface area contributed by atoms with Gasteiger partial charge in [-0.15, -0.1) is 0 Å². The first-order valence-electron chi connectivity index (χ1n) is 6.17. The summed E-state index contributed by atoms with van der Waals surface area (Å²) in [4.78, 5) is 21.3. The molecule has 0 atom stereocenters. The number of carboxylic acids is 1. The predicted octanol–water partition coefficient (Wildman–Crippen LogP) is 2.86. The second-order valence-electron chi connectivity index (χ2n) is 4.44. The Bertz CT molecular complexity index is 475. The highest BCUT2D eigenvalue weighted by Crippen LogP contribution is 2.20. The molecule has 1 aromatic rings. The van der Waals surface area contributed by atoms with Gasteiger partial charge in [0.05, 0.1) is 11.7 Å². The van der Waals surface area contributed by atoms with Crippen LogP contribution in [0.15, 0.2) is 30.4 Å². The normalized spacial score (nSPS) is 10.9. The average Bonchev–Trinajstić information content (AvgIpc) is 2.35. The number of benzene rings is 1. The fourth-order valence-corrected chi connectivity index (χ4v) is 1.64. The maximum absolute atomic E-state index is 11.0. The lowest BCUT2D eigenvalue weighted by Crippen LogP contribution is -2.07. The number of carbonyl (C=O) groups excluding carboxylic acids is 1. The lowest BCUT2D eigenvalue weighted by atomic mass is 10.1. The van der Waals surface area contributed by atoms with E-state index in [1.165, 1.54) is 0 Å². The van der Waals surface area contributed by atoms with Gasteiger partial charge in [-0.3, -0.25) is 4.79 Å². The molecule has 0 heterocycles. The van der Waals surface area contributed by atoms with Crippen molar-refractivity contribution < 1.29 is 19.4 Å². The summed E-state index contributed by atoms with van der Waals surface area (Å²) in [6.45, 7) is 3.80. The van der Waals surface area contributed by atoms with Gasteiger partial charge in [0.25, 0.3) is 0 Å². The van der Waals surface area contributed by atoms with Crippen molar-refractivity contribution in [2.24, 2.45) is 0 Å². The SMILES string of the molecule is CC(C)Oc1ccc(CCC=CC(=O)O)cc1C=O. The third-order valence-electron chi connectivity index (χ3n) is 2.42. The van der Waals surface area contributed by atoms with E-state index in [2.05, 4.69) is 0 Å². The molecular formula is C15H18O4. The first-order chi connectivity index (χ1) is 9.02. The smallest absolute Gasteiger partial charge is 0.327 e. The molecule has 1 aromatic carbocycles. The lowest BCUT2D eigenvalue weighted by Gasteiger charge is -2.12. The highest BCUT2D eigenvalue weighted by atomic mass is 16.5. The summed E-state index contributed by atoms with van der Waals surface area (Å²) in [5.41, 5.74) is 1.50. The van der Waals surface area contributed by atoms with Gasteiger partial charge in [0.1, 0.15) is 5.75 Å². The van der Waals surface area contributed by atoms with Crippen molar-refractivity contribution in [3.8, 4) is 5.75 Å². The van der Waals surface area contributed by atoms with Gasteiger partial charge < -0.3 is 9.84 Å². The number of carbonyl (C=O) groups is 2. The molecule has 0 aliphatic heterocycles. The molecule has 19 heavy (non-hydrogen) atoms. The van der Waals surface area contributed by atoms with Crippen LogP contribution in [-0.4, -0.2) is 23.5 Å². The van der Waals surface area contributed by atoms with Gasteiger partial charge in [-0.25, -0.2) is 4.79 Å². The number of aldehydes is 1. The Hall–Kier alpha value is -2.10. The first kappa shape index (κ1) is 15.0. The molecule has 102 valence electrons. The van der Waals surface area contributed by atoms with E-state index >= 15 is 0 Å². The highest BCUT2D eigenvalue weighted by molar-refractivity contribution is 5.80. The lowest BCUT2D eigenvalue weighted by molar-refractivity contribution is -0.131. The Kier molecular flexibility index (Phi) is 5.79. The van der Waals surface area contributed by atoms with Crippen LogP contribution >= 0.6 is 0 Å². The maximum atomic E-state index is 11.0. The van der Waals surface area contributed by atoms with E-state index in [1.54, 1.807) is 18.2 Å². The molecular weight excluding hydrogens is 244 g/mol. The summed E-state index contributed by atoms with van der Waals surface area (Å²) in [5, 5.41) is 8.46. The molecule has 1 rings (SSSR count). The standard InChI is InChI=1S/C15H18O4/c1-11(2)19-14-8-7-12(9-13(14)10-16)5-3-4-6-15(17)18/h4,6-11H,3,5H2,1-2H3,(H,17,18). The van der Waals surface area contributed by atoms with Gasteiger partial charge in [0.15, 0.2) is 6.29 Å². The van der Waals surface area contributed by atoms with Crippen LogP contribution < -0.4 is 4.74 Å². The van der Waals surface area contributed by atoms with E-state index in [0.29, 0.717) is 24.2 Å². The van der Waals surface area contributed by atoms with Crippen molar-refractivity contribution >= 4 is 12.3 Å². The minimum atomic E-state index is -0.950. The van der Waals surface area contributed by atoms with Crippen molar-refractivity contribution in [3.63, 3.8) is 0 Å². The Morgan fingerprint density at radius 3 is 2.74 bits per heavy atom. The number of allylic oxidation sites excluding steroid dienone is 1. The van der Waals surface area contributed by atoms with Crippen LogP contribution in [0.1, 0.15) is 36.2 Å². The van der Waals surface area contributed by atoms with Gasteiger partial charge in [0, 0.05) is 6.08 Å². The number of hydrogen-bond acceptors (Lipinski definition) is 3. The van der Waals surface area contributed by atoms with E-state index < -0.39 is 5.97 Å². The molecule has 0 unspecified atom stereocenters. The molecule has 4 heteroatoms. The summed E-state index contributed by atoms with van der Waals surface area (Å²) in [6.07, 6.45) is 4.82. The predicted molar refractivity (Wildman–Crippen MR) is 72.7 cm³/mol. The van der Waals surface area contributed by atoms with Crippen LogP contribution in [0, 0.1) is 0 Å². The van der Waals surface area contributed by atoms with Crippen LogP contribution in [0.5, 0.6) is 5.75 Å². The Balaban J connectivity index is 2.71. The van der Waals surface area contributed by atoms with E-state index in [9.17, 15) is 9.59 Å². The molecule has 0 aliphatic rings. The van der Waals surface area contributed by atoms with Crippen molar-refractivity contribution in [3.05, 3.63) is 41.5 Å². The fraction of sp³-hybridized carbons (Fsp3) is 0.333. The van der Waals surface area contributed by atoms with Crippen LogP contribution in [0.3, 0.4) is 0 Å². The van der Waals surface area contributed by atoms with Crippen LogP contribution in [-0.2, 0) is 11.2 Å². The van der Waals surface area contributed by atoms with Crippen molar-refractivity contribution in [2.45, 2.75) is 32.8 Å². The van der Waals surface area contributed by atoms with Gasteiger partial charge in [-0.2, -0.15) is 0 Å². The number of hydrogen-bond donors (Lipinski definition) is 1. The van der Waals surface area contributed by atoms with Crippen molar-refractivity contribution in [2.75, 3.05) is 0 Å². The molecule has 0 saturated carbocycles. The monoisotopic (exact) mass is 262 g/mol. The molecule has 1 N–H and O–H groups in total. The minimum absolute atomic E-state index is 0.0167. The van der Waals surface area contributed by atoms with Gasteiger partial charge >= 0.3 is 5.97 Å². The quantitative estimate of drug-likeness (QED) is 0.606. The largest absolute Gasteiger partial charge is 0.490 e. The zero-order valence-electron chi connectivity index (χ0n) is 11.1. The molecule has 0 radical (unpaired) electrons. The third kappa shape index (κ3) is 5.38. The molecule has 4 nitrogen and oxygen atoms in total. The molecule has 0 saturated heterocycles. The zero-order chi connectivity index (χ0) is 14.3. The zero-order valence-corrected chi connectivity index (χ0v) is 11.1. The summed E-state index contributed by atoms with van der Waals surface area (Å²) < 4.78 is 5.53.